The lowest BCUT2D eigenvalue weighted by atomic mass is 10.2. The summed E-state index contributed by atoms with van der Waals surface area (Å²) >= 11 is 11.1. The molecule has 2 rings (SSSR count). The molecule has 0 aliphatic rings. The van der Waals surface area contributed by atoms with Gasteiger partial charge in [-0.2, -0.15) is 0 Å². The fraction of sp³-hybridized carbons (Fsp3) is 0. The van der Waals surface area contributed by atoms with Gasteiger partial charge >= 0.3 is 0 Å². The van der Waals surface area contributed by atoms with Gasteiger partial charge in [-0.05, 0) is 29.8 Å². The Hall–Kier alpha value is -0.990. The van der Waals surface area contributed by atoms with Crippen LogP contribution in [0.2, 0.25) is 5.15 Å². The van der Waals surface area contributed by atoms with E-state index in [1.807, 2.05) is 0 Å². The summed E-state index contributed by atoms with van der Waals surface area (Å²) in [6.45, 7) is 0. The number of aromatic nitrogens is 1. The molecule has 13 heavy (non-hydrogen) atoms. The van der Waals surface area contributed by atoms with Gasteiger partial charge in [0.05, 0.1) is 0 Å². The number of carbonyl (C=O) groups is 1. The van der Waals surface area contributed by atoms with Gasteiger partial charge in [-0.25, -0.2) is 0 Å². The van der Waals surface area contributed by atoms with Crippen molar-refractivity contribution in [2.45, 2.75) is 0 Å². The molecule has 0 aliphatic heterocycles. The van der Waals surface area contributed by atoms with Crippen LogP contribution in [-0.4, -0.2) is 10.2 Å². The van der Waals surface area contributed by atoms with E-state index >= 15 is 0 Å². The largest absolute Gasteiger partial charge is 0.346 e. The van der Waals surface area contributed by atoms with Crippen molar-refractivity contribution in [1.82, 2.24) is 4.98 Å². The van der Waals surface area contributed by atoms with Crippen LogP contribution in [0, 0.1) is 0 Å². The van der Waals surface area contributed by atoms with Crippen LogP contribution >= 0.6 is 23.2 Å². The second-order valence-electron chi connectivity index (χ2n) is 2.69. The lowest BCUT2D eigenvalue weighted by Gasteiger charge is -1.92. The third-order valence-corrected chi connectivity index (χ3v) is 2.24. The monoisotopic (exact) mass is 213 g/mol. The van der Waals surface area contributed by atoms with Crippen molar-refractivity contribution in [2.24, 2.45) is 0 Å². The molecule has 0 aliphatic carbocycles. The number of carbonyl (C=O) groups excluding carboxylic acids is 1. The Kier molecular flexibility index (Phi) is 2.02. The first-order valence-electron chi connectivity index (χ1n) is 3.65. The number of H-pyrrole nitrogens is 1. The van der Waals surface area contributed by atoms with Gasteiger partial charge in [0, 0.05) is 16.5 Å². The van der Waals surface area contributed by atoms with Crippen molar-refractivity contribution in [1.29, 1.82) is 0 Å². The van der Waals surface area contributed by atoms with Gasteiger partial charge in [-0.1, -0.05) is 17.7 Å². The third-order valence-electron chi connectivity index (χ3n) is 1.82. The molecule has 1 aromatic carbocycles. The molecular formula is C9H5Cl2NO. The molecule has 1 heterocycles. The molecule has 0 unspecified atom stereocenters. The molecule has 1 N–H and O–H groups in total. The normalized spacial score (nSPS) is 10.6. The van der Waals surface area contributed by atoms with Gasteiger partial charge in [0.2, 0.25) is 0 Å². The van der Waals surface area contributed by atoms with E-state index < -0.39 is 5.24 Å². The van der Waals surface area contributed by atoms with Gasteiger partial charge < -0.3 is 4.98 Å². The minimum absolute atomic E-state index is 0.465. The van der Waals surface area contributed by atoms with Crippen molar-refractivity contribution in [3.8, 4) is 0 Å². The second-order valence-corrected chi connectivity index (χ2v) is 3.44. The van der Waals surface area contributed by atoms with Gasteiger partial charge in [-0.15, -0.1) is 0 Å². The Morgan fingerprint density at radius 1 is 1.31 bits per heavy atom. The summed E-state index contributed by atoms with van der Waals surface area (Å²) in [6.07, 6.45) is 0. The molecule has 0 radical (unpaired) electrons. The molecule has 0 atom stereocenters. The predicted molar refractivity (Wildman–Crippen MR) is 53.5 cm³/mol. The lowest BCUT2D eigenvalue weighted by Crippen LogP contribution is -1.86. The zero-order valence-electron chi connectivity index (χ0n) is 6.47. The standard InChI is InChI=1S/C9H5Cl2NO/c10-8-4-5-1-2-6(9(11)13)3-7(5)12-8/h1-4,12H. The summed E-state index contributed by atoms with van der Waals surface area (Å²) in [7, 11) is 0. The Bertz CT molecular complexity index is 475. The zero-order chi connectivity index (χ0) is 9.42. The number of hydrogen-bond acceptors (Lipinski definition) is 1. The summed E-state index contributed by atoms with van der Waals surface area (Å²) in [4.78, 5) is 13.7. The average molecular weight is 214 g/mol. The predicted octanol–water partition coefficient (Wildman–Crippen LogP) is 3.20. The fourth-order valence-corrected chi connectivity index (χ4v) is 1.55. The highest BCUT2D eigenvalue weighted by Crippen LogP contribution is 2.20. The first-order valence-corrected chi connectivity index (χ1v) is 4.40. The van der Waals surface area contributed by atoms with Crippen LogP contribution in [-0.2, 0) is 0 Å². The first kappa shape index (κ1) is 8.60. The fourth-order valence-electron chi connectivity index (χ4n) is 1.21. The Labute approximate surface area is 84.5 Å². The highest BCUT2D eigenvalue weighted by Gasteiger charge is 2.04. The summed E-state index contributed by atoms with van der Waals surface area (Å²) in [5, 5.41) is 1.05. The number of halogens is 2. The summed E-state index contributed by atoms with van der Waals surface area (Å²) in [6, 6.07) is 6.94. The summed E-state index contributed by atoms with van der Waals surface area (Å²) < 4.78 is 0. The van der Waals surface area contributed by atoms with Crippen molar-refractivity contribution < 1.29 is 4.79 Å². The second kappa shape index (κ2) is 3.05. The van der Waals surface area contributed by atoms with Gasteiger partial charge in [-0.3, -0.25) is 4.79 Å². The molecule has 4 heteroatoms. The van der Waals surface area contributed by atoms with E-state index in [1.54, 1.807) is 24.3 Å². The van der Waals surface area contributed by atoms with Crippen molar-refractivity contribution in [3.63, 3.8) is 0 Å². The molecule has 0 amide bonds. The lowest BCUT2D eigenvalue weighted by molar-refractivity contribution is 0.108. The van der Waals surface area contributed by atoms with Gasteiger partial charge in [0.25, 0.3) is 5.24 Å². The van der Waals surface area contributed by atoms with Gasteiger partial charge in [0.15, 0.2) is 0 Å². The molecule has 2 nitrogen and oxygen atoms in total. The third kappa shape index (κ3) is 1.55. The van der Waals surface area contributed by atoms with E-state index in [4.69, 9.17) is 23.2 Å². The zero-order valence-corrected chi connectivity index (χ0v) is 7.99. The minimum atomic E-state index is -0.465. The average Bonchev–Trinajstić information content (AvgIpc) is 2.42. The molecule has 0 bridgehead atoms. The summed E-state index contributed by atoms with van der Waals surface area (Å²) in [5.41, 5.74) is 1.28. The van der Waals surface area contributed by atoms with Crippen LogP contribution in [0.4, 0.5) is 0 Å². The molecule has 2 aromatic rings. The number of fused-ring (bicyclic) bond motifs is 1. The van der Waals surface area contributed by atoms with Crippen molar-refractivity contribution in [3.05, 3.63) is 35.0 Å². The minimum Gasteiger partial charge on any atom is -0.346 e. The van der Waals surface area contributed by atoms with E-state index in [9.17, 15) is 4.79 Å². The van der Waals surface area contributed by atoms with E-state index in [1.165, 1.54) is 0 Å². The van der Waals surface area contributed by atoms with E-state index in [0.717, 1.165) is 10.9 Å². The molecule has 0 saturated carbocycles. The van der Waals surface area contributed by atoms with Crippen LogP contribution < -0.4 is 0 Å². The van der Waals surface area contributed by atoms with Crippen LogP contribution in [0.1, 0.15) is 10.4 Å². The summed E-state index contributed by atoms with van der Waals surface area (Å²) in [5.74, 6) is 0. The van der Waals surface area contributed by atoms with Crippen LogP contribution in [0.5, 0.6) is 0 Å². The number of aromatic amines is 1. The highest BCUT2D eigenvalue weighted by atomic mass is 35.5. The van der Waals surface area contributed by atoms with Crippen molar-refractivity contribution >= 4 is 39.3 Å². The quantitative estimate of drug-likeness (QED) is 0.726. The first-order chi connectivity index (χ1) is 6.16. The molecule has 0 spiro atoms. The number of rotatable bonds is 1. The van der Waals surface area contributed by atoms with Crippen LogP contribution in [0.3, 0.4) is 0 Å². The Morgan fingerprint density at radius 3 is 2.77 bits per heavy atom. The smallest absolute Gasteiger partial charge is 0.252 e. The Morgan fingerprint density at radius 2 is 2.08 bits per heavy atom. The SMILES string of the molecule is O=C(Cl)c1ccc2cc(Cl)[nH]c2c1. The maximum absolute atomic E-state index is 10.8. The maximum atomic E-state index is 10.8. The number of nitrogens with one attached hydrogen (secondary N) is 1. The molecule has 66 valence electrons. The van der Waals surface area contributed by atoms with E-state index in [-0.39, 0.29) is 0 Å². The van der Waals surface area contributed by atoms with Gasteiger partial charge in [0.1, 0.15) is 5.15 Å². The topological polar surface area (TPSA) is 32.9 Å². The molecular weight excluding hydrogens is 209 g/mol. The molecule has 0 saturated heterocycles. The van der Waals surface area contributed by atoms with Crippen molar-refractivity contribution in [2.75, 3.05) is 0 Å². The molecule has 1 aromatic heterocycles. The van der Waals surface area contributed by atoms with Crippen LogP contribution in [0.15, 0.2) is 24.3 Å². The highest BCUT2D eigenvalue weighted by molar-refractivity contribution is 6.67. The Balaban J connectivity index is 2.67. The number of hydrogen-bond donors (Lipinski definition) is 1. The maximum Gasteiger partial charge on any atom is 0.252 e. The molecule has 0 fully saturated rings. The van der Waals surface area contributed by atoms with E-state index in [0.29, 0.717) is 10.7 Å². The van der Waals surface area contributed by atoms with E-state index in [2.05, 4.69) is 4.98 Å². The number of benzene rings is 1. The van der Waals surface area contributed by atoms with Crippen LogP contribution in [0.25, 0.3) is 10.9 Å².